The minimum atomic E-state index is -0.467. The quantitative estimate of drug-likeness (QED) is 0.582. The number of esters is 1. The molecule has 0 spiro atoms. The van der Waals surface area contributed by atoms with Crippen molar-refractivity contribution in [1.29, 1.82) is 0 Å². The standard InChI is InChI=1S/C19H14BrNO3/c1-23-14-10-11-15(16(20)12-14)18-21-17(19(22)24-18)9-5-8-13-6-3-2-4-7-13/h2-12H,1H3. The summed E-state index contributed by atoms with van der Waals surface area (Å²) >= 11 is 3.44. The van der Waals surface area contributed by atoms with Crippen molar-refractivity contribution in [3.63, 3.8) is 0 Å². The number of ether oxygens (including phenoxy) is 2. The number of methoxy groups -OCH3 is 1. The maximum atomic E-state index is 12.0. The highest BCUT2D eigenvalue weighted by Gasteiger charge is 2.25. The van der Waals surface area contributed by atoms with Crippen molar-refractivity contribution >= 4 is 33.9 Å². The minimum Gasteiger partial charge on any atom is -0.497 e. The molecule has 5 heteroatoms. The number of carbonyl (C=O) groups excluding carboxylic acids is 1. The first-order chi connectivity index (χ1) is 11.7. The zero-order valence-corrected chi connectivity index (χ0v) is 14.5. The lowest BCUT2D eigenvalue weighted by molar-refractivity contribution is -0.130. The molecular weight excluding hydrogens is 370 g/mol. The Hall–Kier alpha value is -2.66. The summed E-state index contributed by atoms with van der Waals surface area (Å²) in [6, 6.07) is 15.2. The van der Waals surface area contributed by atoms with Gasteiger partial charge in [-0.2, -0.15) is 0 Å². The molecule has 0 aromatic heterocycles. The van der Waals surface area contributed by atoms with Gasteiger partial charge in [-0.1, -0.05) is 42.5 Å². The van der Waals surface area contributed by atoms with Crippen LogP contribution in [0.2, 0.25) is 0 Å². The Morgan fingerprint density at radius 2 is 1.96 bits per heavy atom. The average molecular weight is 384 g/mol. The van der Waals surface area contributed by atoms with E-state index in [1.165, 1.54) is 0 Å². The zero-order valence-electron chi connectivity index (χ0n) is 12.9. The molecule has 1 aliphatic rings. The van der Waals surface area contributed by atoms with Crippen LogP contribution < -0.4 is 4.74 Å². The van der Waals surface area contributed by atoms with Crippen molar-refractivity contribution in [2.75, 3.05) is 7.11 Å². The largest absolute Gasteiger partial charge is 0.497 e. The van der Waals surface area contributed by atoms with Crippen molar-refractivity contribution < 1.29 is 14.3 Å². The number of allylic oxidation sites excluding steroid dienone is 2. The number of carbonyl (C=O) groups is 1. The highest BCUT2D eigenvalue weighted by molar-refractivity contribution is 9.10. The smallest absolute Gasteiger partial charge is 0.363 e. The first-order valence-corrected chi connectivity index (χ1v) is 8.05. The number of hydrogen-bond acceptors (Lipinski definition) is 4. The van der Waals surface area contributed by atoms with Crippen LogP contribution in [0.15, 0.2) is 75.8 Å². The van der Waals surface area contributed by atoms with E-state index >= 15 is 0 Å². The Morgan fingerprint density at radius 1 is 1.17 bits per heavy atom. The molecule has 0 bridgehead atoms. The molecule has 0 fully saturated rings. The number of benzene rings is 2. The lowest BCUT2D eigenvalue weighted by atomic mass is 10.2. The normalized spacial score (nSPS) is 15.7. The Balaban J connectivity index is 1.83. The fourth-order valence-corrected chi connectivity index (χ4v) is 2.68. The van der Waals surface area contributed by atoms with Crippen LogP contribution in [-0.2, 0) is 9.53 Å². The molecule has 0 aliphatic carbocycles. The third kappa shape index (κ3) is 3.63. The van der Waals surface area contributed by atoms with Gasteiger partial charge >= 0.3 is 5.97 Å². The molecule has 1 aliphatic heterocycles. The summed E-state index contributed by atoms with van der Waals surface area (Å²) in [5, 5.41) is 0. The second kappa shape index (κ2) is 7.27. The fourth-order valence-electron chi connectivity index (χ4n) is 2.15. The van der Waals surface area contributed by atoms with Crippen LogP contribution in [0.5, 0.6) is 5.75 Å². The maximum absolute atomic E-state index is 12.0. The van der Waals surface area contributed by atoms with Gasteiger partial charge in [0.25, 0.3) is 0 Å². The van der Waals surface area contributed by atoms with Gasteiger partial charge in [-0.15, -0.1) is 0 Å². The zero-order chi connectivity index (χ0) is 16.9. The molecule has 0 atom stereocenters. The fraction of sp³-hybridized carbons (Fsp3) is 0.0526. The van der Waals surface area contributed by atoms with E-state index in [0.717, 1.165) is 10.0 Å². The van der Waals surface area contributed by atoms with Crippen LogP contribution in [0.25, 0.3) is 6.08 Å². The van der Waals surface area contributed by atoms with E-state index in [1.807, 2.05) is 36.4 Å². The molecule has 0 radical (unpaired) electrons. The van der Waals surface area contributed by atoms with Crippen LogP contribution in [0.3, 0.4) is 0 Å². The van der Waals surface area contributed by atoms with E-state index in [2.05, 4.69) is 20.9 Å². The van der Waals surface area contributed by atoms with Crippen LogP contribution in [0.1, 0.15) is 11.1 Å². The summed E-state index contributed by atoms with van der Waals surface area (Å²) in [7, 11) is 1.59. The molecule has 24 heavy (non-hydrogen) atoms. The van der Waals surface area contributed by atoms with Gasteiger partial charge in [0, 0.05) is 4.47 Å². The van der Waals surface area contributed by atoms with E-state index in [4.69, 9.17) is 9.47 Å². The van der Waals surface area contributed by atoms with Crippen molar-refractivity contribution in [2.24, 2.45) is 4.99 Å². The highest BCUT2D eigenvalue weighted by atomic mass is 79.9. The van der Waals surface area contributed by atoms with Crippen LogP contribution >= 0.6 is 15.9 Å². The van der Waals surface area contributed by atoms with E-state index in [-0.39, 0.29) is 11.6 Å². The first kappa shape index (κ1) is 16.2. The molecule has 0 amide bonds. The highest BCUT2D eigenvalue weighted by Crippen LogP contribution is 2.26. The van der Waals surface area contributed by atoms with Gasteiger partial charge in [0.05, 0.1) is 12.7 Å². The Labute approximate surface area is 148 Å². The van der Waals surface area contributed by atoms with Gasteiger partial charge in [-0.05, 0) is 45.8 Å². The molecule has 3 rings (SSSR count). The number of cyclic esters (lactones) is 1. The van der Waals surface area contributed by atoms with Gasteiger partial charge in [0.1, 0.15) is 5.75 Å². The first-order valence-electron chi connectivity index (χ1n) is 7.25. The number of aliphatic imine (C=N–C) groups is 1. The monoisotopic (exact) mass is 383 g/mol. The molecule has 1 heterocycles. The Kier molecular flexibility index (Phi) is 4.91. The van der Waals surface area contributed by atoms with Gasteiger partial charge in [-0.25, -0.2) is 9.79 Å². The Morgan fingerprint density at radius 3 is 2.67 bits per heavy atom. The topological polar surface area (TPSA) is 47.9 Å². The molecule has 2 aromatic rings. The maximum Gasteiger partial charge on any atom is 0.363 e. The van der Waals surface area contributed by atoms with Crippen molar-refractivity contribution in [1.82, 2.24) is 0 Å². The van der Waals surface area contributed by atoms with Gasteiger partial charge in [-0.3, -0.25) is 0 Å². The molecule has 0 saturated heterocycles. The summed E-state index contributed by atoms with van der Waals surface area (Å²) in [4.78, 5) is 16.2. The molecule has 120 valence electrons. The minimum absolute atomic E-state index is 0.264. The molecular formula is C19H14BrNO3. The van der Waals surface area contributed by atoms with Gasteiger partial charge in [0.15, 0.2) is 5.70 Å². The van der Waals surface area contributed by atoms with Crippen LogP contribution in [0, 0.1) is 0 Å². The number of hydrogen-bond donors (Lipinski definition) is 0. The summed E-state index contributed by atoms with van der Waals surface area (Å²) in [5.74, 6) is 0.511. The second-order valence-corrected chi connectivity index (χ2v) is 5.83. The third-order valence-corrected chi connectivity index (χ3v) is 4.03. The van der Waals surface area contributed by atoms with Crippen LogP contribution in [0.4, 0.5) is 0 Å². The SMILES string of the molecule is COc1ccc(C2=NC(=CC=Cc3ccccc3)C(=O)O2)c(Br)c1. The summed E-state index contributed by atoms with van der Waals surface area (Å²) < 4.78 is 11.2. The molecule has 0 N–H and O–H groups in total. The van der Waals surface area contributed by atoms with E-state index in [9.17, 15) is 4.79 Å². The predicted octanol–water partition coefficient (Wildman–Crippen LogP) is 4.36. The van der Waals surface area contributed by atoms with E-state index in [1.54, 1.807) is 37.5 Å². The van der Waals surface area contributed by atoms with Crippen molar-refractivity contribution in [3.05, 3.63) is 82.0 Å². The molecule has 2 aromatic carbocycles. The van der Waals surface area contributed by atoms with Gasteiger partial charge in [0.2, 0.25) is 5.90 Å². The summed E-state index contributed by atoms with van der Waals surface area (Å²) in [6.07, 6.45) is 5.32. The molecule has 4 nitrogen and oxygen atoms in total. The lowest BCUT2D eigenvalue weighted by Gasteiger charge is -2.05. The number of rotatable bonds is 4. The van der Waals surface area contributed by atoms with E-state index < -0.39 is 5.97 Å². The molecule has 0 saturated carbocycles. The van der Waals surface area contributed by atoms with E-state index in [0.29, 0.717) is 11.3 Å². The van der Waals surface area contributed by atoms with Crippen molar-refractivity contribution in [3.8, 4) is 5.75 Å². The second-order valence-electron chi connectivity index (χ2n) is 4.97. The predicted molar refractivity (Wildman–Crippen MR) is 96.9 cm³/mol. The summed E-state index contributed by atoms with van der Waals surface area (Å²) in [6.45, 7) is 0. The average Bonchev–Trinajstić information content (AvgIpc) is 2.96. The summed E-state index contributed by atoms with van der Waals surface area (Å²) in [5.41, 5.74) is 2.00. The number of nitrogens with zero attached hydrogens (tertiary/aromatic N) is 1. The Bertz CT molecular complexity index is 854. The third-order valence-electron chi connectivity index (χ3n) is 3.37. The van der Waals surface area contributed by atoms with Crippen molar-refractivity contribution in [2.45, 2.75) is 0 Å². The lowest BCUT2D eigenvalue weighted by Crippen LogP contribution is -2.06. The molecule has 0 unspecified atom stereocenters. The number of halogens is 1. The van der Waals surface area contributed by atoms with Gasteiger partial charge < -0.3 is 9.47 Å². The van der Waals surface area contributed by atoms with Crippen LogP contribution in [-0.4, -0.2) is 19.0 Å².